The molecule has 2 aromatic heterocycles. The number of anilines is 1. The number of carbonyl (C=O) groups excluding carboxylic acids is 1. The Morgan fingerprint density at radius 1 is 1.00 bits per heavy atom. The van der Waals surface area contributed by atoms with E-state index in [0.717, 1.165) is 11.3 Å². The molecule has 0 bridgehead atoms. The minimum absolute atomic E-state index is 0.192. The van der Waals surface area contributed by atoms with Crippen LogP contribution >= 0.6 is 11.6 Å². The maximum absolute atomic E-state index is 12.4. The summed E-state index contributed by atoms with van der Waals surface area (Å²) in [6.07, 6.45) is 3.20. The van der Waals surface area contributed by atoms with Gasteiger partial charge in [-0.3, -0.25) is 10.1 Å². The molecule has 2 heterocycles. The maximum atomic E-state index is 12.4. The average molecular weight is 409 g/mol. The standard InChI is InChI=1S/C20H17ClN6O2/c21-17-9-5-4-6-15(17)12-27-13-22-20(25-27)23-19(28)18-10-11-26(24-18)14-29-16-7-2-1-3-8-16/h1-11,13H,12,14H2,(H,23,25,28). The van der Waals surface area contributed by atoms with Crippen molar-refractivity contribution in [3.05, 3.63) is 89.5 Å². The summed E-state index contributed by atoms with van der Waals surface area (Å²) in [5.41, 5.74) is 1.15. The summed E-state index contributed by atoms with van der Waals surface area (Å²) in [5.74, 6) is 0.512. The van der Waals surface area contributed by atoms with E-state index in [1.165, 1.54) is 11.0 Å². The molecule has 29 heavy (non-hydrogen) atoms. The number of nitrogens with zero attached hydrogens (tertiary/aromatic N) is 5. The summed E-state index contributed by atoms with van der Waals surface area (Å²) in [7, 11) is 0. The second-order valence-electron chi connectivity index (χ2n) is 6.14. The fourth-order valence-electron chi connectivity index (χ4n) is 2.61. The van der Waals surface area contributed by atoms with Crippen LogP contribution in [-0.2, 0) is 13.3 Å². The Labute approximate surface area is 171 Å². The van der Waals surface area contributed by atoms with Gasteiger partial charge >= 0.3 is 0 Å². The van der Waals surface area contributed by atoms with Gasteiger partial charge in [0.2, 0.25) is 5.95 Å². The van der Waals surface area contributed by atoms with Gasteiger partial charge in [-0.05, 0) is 29.8 Å². The lowest BCUT2D eigenvalue weighted by molar-refractivity contribution is 0.101. The first-order valence-electron chi connectivity index (χ1n) is 8.83. The van der Waals surface area contributed by atoms with Gasteiger partial charge in [0, 0.05) is 11.2 Å². The largest absolute Gasteiger partial charge is 0.471 e. The van der Waals surface area contributed by atoms with E-state index in [0.29, 0.717) is 11.6 Å². The third-order valence-electron chi connectivity index (χ3n) is 4.03. The molecule has 0 saturated carbocycles. The van der Waals surface area contributed by atoms with Crippen LogP contribution in [0.15, 0.2) is 73.2 Å². The predicted octanol–water partition coefficient (Wildman–Crippen LogP) is 3.47. The van der Waals surface area contributed by atoms with Crippen LogP contribution in [0.5, 0.6) is 5.75 Å². The minimum Gasteiger partial charge on any atom is -0.471 e. The third kappa shape index (κ3) is 4.80. The molecule has 8 nitrogen and oxygen atoms in total. The zero-order valence-electron chi connectivity index (χ0n) is 15.3. The lowest BCUT2D eigenvalue weighted by atomic mass is 10.2. The molecule has 1 N–H and O–H groups in total. The summed E-state index contributed by atoms with van der Waals surface area (Å²) in [6.45, 7) is 0.649. The molecule has 1 amide bonds. The van der Waals surface area contributed by atoms with Gasteiger partial charge in [0.25, 0.3) is 5.91 Å². The van der Waals surface area contributed by atoms with Crippen LogP contribution in [-0.4, -0.2) is 30.5 Å². The molecule has 4 rings (SSSR count). The van der Waals surface area contributed by atoms with Crippen molar-refractivity contribution in [2.45, 2.75) is 13.3 Å². The highest BCUT2D eigenvalue weighted by molar-refractivity contribution is 6.31. The van der Waals surface area contributed by atoms with Gasteiger partial charge in [0.05, 0.1) is 6.54 Å². The normalized spacial score (nSPS) is 10.7. The third-order valence-corrected chi connectivity index (χ3v) is 4.40. The first-order chi connectivity index (χ1) is 14.2. The van der Waals surface area contributed by atoms with Gasteiger partial charge in [-0.1, -0.05) is 48.0 Å². The highest BCUT2D eigenvalue weighted by Gasteiger charge is 2.13. The number of nitrogens with one attached hydrogen (secondary N) is 1. The first-order valence-corrected chi connectivity index (χ1v) is 9.21. The van der Waals surface area contributed by atoms with Gasteiger partial charge in [0.1, 0.15) is 12.1 Å². The smallest absolute Gasteiger partial charge is 0.278 e. The maximum Gasteiger partial charge on any atom is 0.278 e. The first kappa shape index (κ1) is 18.7. The summed E-state index contributed by atoms with van der Waals surface area (Å²) in [5, 5.41) is 11.7. The van der Waals surface area contributed by atoms with Crippen molar-refractivity contribution in [1.82, 2.24) is 24.5 Å². The zero-order valence-corrected chi connectivity index (χ0v) is 16.0. The Balaban J connectivity index is 1.34. The average Bonchev–Trinajstić information content (AvgIpc) is 3.39. The SMILES string of the molecule is O=C(Nc1ncn(Cc2ccccc2Cl)n1)c1ccn(COc2ccccc2)n1. The van der Waals surface area contributed by atoms with E-state index < -0.39 is 5.91 Å². The second kappa shape index (κ2) is 8.57. The minimum atomic E-state index is -0.404. The van der Waals surface area contributed by atoms with Gasteiger partial charge < -0.3 is 4.74 Å². The van der Waals surface area contributed by atoms with Crippen LogP contribution < -0.4 is 10.1 Å². The molecule has 0 aliphatic rings. The Morgan fingerprint density at radius 2 is 1.79 bits per heavy atom. The summed E-state index contributed by atoms with van der Waals surface area (Å²) >= 11 is 6.16. The quantitative estimate of drug-likeness (QED) is 0.506. The molecule has 0 fully saturated rings. The molecular weight excluding hydrogens is 392 g/mol. The number of amides is 1. The molecule has 0 radical (unpaired) electrons. The lowest BCUT2D eigenvalue weighted by Crippen LogP contribution is -2.15. The number of hydrogen-bond acceptors (Lipinski definition) is 5. The van der Waals surface area contributed by atoms with Crippen molar-refractivity contribution in [1.29, 1.82) is 0 Å². The van der Waals surface area contributed by atoms with E-state index in [1.807, 2.05) is 54.6 Å². The Morgan fingerprint density at radius 3 is 2.62 bits per heavy atom. The summed E-state index contributed by atoms with van der Waals surface area (Å²) < 4.78 is 8.74. The number of rotatable bonds is 7. The van der Waals surface area contributed by atoms with Crippen molar-refractivity contribution < 1.29 is 9.53 Å². The van der Waals surface area contributed by atoms with Crippen molar-refractivity contribution in [2.75, 3.05) is 5.32 Å². The van der Waals surface area contributed by atoms with E-state index in [1.54, 1.807) is 16.9 Å². The van der Waals surface area contributed by atoms with Crippen LogP contribution in [0.4, 0.5) is 5.95 Å². The Hall–Kier alpha value is -3.65. The topological polar surface area (TPSA) is 86.9 Å². The van der Waals surface area contributed by atoms with Crippen molar-refractivity contribution >= 4 is 23.5 Å². The van der Waals surface area contributed by atoms with E-state index in [-0.39, 0.29) is 18.4 Å². The monoisotopic (exact) mass is 408 g/mol. The molecule has 2 aromatic carbocycles. The molecule has 0 aliphatic heterocycles. The van der Waals surface area contributed by atoms with E-state index >= 15 is 0 Å². The fraction of sp³-hybridized carbons (Fsp3) is 0.100. The van der Waals surface area contributed by atoms with Crippen molar-refractivity contribution in [3.8, 4) is 5.75 Å². The molecule has 0 unspecified atom stereocenters. The summed E-state index contributed by atoms with van der Waals surface area (Å²) in [6, 6.07) is 18.5. The predicted molar refractivity (Wildman–Crippen MR) is 108 cm³/mol. The molecule has 4 aromatic rings. The number of benzene rings is 2. The van der Waals surface area contributed by atoms with Crippen LogP contribution in [0.3, 0.4) is 0 Å². The van der Waals surface area contributed by atoms with Gasteiger partial charge in [-0.25, -0.2) is 14.3 Å². The molecule has 0 spiro atoms. The van der Waals surface area contributed by atoms with Crippen LogP contribution in [0, 0.1) is 0 Å². The van der Waals surface area contributed by atoms with E-state index in [2.05, 4.69) is 20.5 Å². The highest BCUT2D eigenvalue weighted by Crippen LogP contribution is 2.16. The van der Waals surface area contributed by atoms with Gasteiger partial charge in [-0.15, -0.1) is 5.10 Å². The molecular formula is C20H17ClN6O2. The number of aromatic nitrogens is 5. The van der Waals surface area contributed by atoms with Crippen molar-refractivity contribution in [2.24, 2.45) is 0 Å². The van der Waals surface area contributed by atoms with Crippen molar-refractivity contribution in [3.63, 3.8) is 0 Å². The number of hydrogen-bond donors (Lipinski definition) is 1. The molecule has 0 atom stereocenters. The molecule has 0 aliphatic carbocycles. The molecule has 9 heteroatoms. The Bertz CT molecular complexity index is 1110. The van der Waals surface area contributed by atoms with E-state index in [9.17, 15) is 4.79 Å². The van der Waals surface area contributed by atoms with E-state index in [4.69, 9.17) is 16.3 Å². The molecule has 146 valence electrons. The van der Waals surface area contributed by atoms with Gasteiger partial charge in [-0.2, -0.15) is 5.10 Å². The van der Waals surface area contributed by atoms with Crippen LogP contribution in [0.2, 0.25) is 5.02 Å². The summed E-state index contributed by atoms with van der Waals surface area (Å²) in [4.78, 5) is 16.5. The number of halogens is 1. The number of carbonyl (C=O) groups is 1. The van der Waals surface area contributed by atoms with Crippen LogP contribution in [0.1, 0.15) is 16.1 Å². The number of ether oxygens (including phenoxy) is 1. The molecule has 0 saturated heterocycles. The van der Waals surface area contributed by atoms with Crippen LogP contribution in [0.25, 0.3) is 0 Å². The number of para-hydroxylation sites is 1. The zero-order chi connectivity index (χ0) is 20.1. The van der Waals surface area contributed by atoms with Gasteiger partial charge in [0.15, 0.2) is 12.4 Å². The lowest BCUT2D eigenvalue weighted by Gasteiger charge is -2.05. The Kier molecular flexibility index (Phi) is 5.53. The fourth-order valence-corrected chi connectivity index (χ4v) is 2.80. The second-order valence-corrected chi connectivity index (χ2v) is 6.55. The highest BCUT2D eigenvalue weighted by atomic mass is 35.5.